The fraction of sp³-hybridized carbons (Fsp3) is 0.226. The van der Waals surface area contributed by atoms with Gasteiger partial charge in [0, 0.05) is 33.5 Å². The van der Waals surface area contributed by atoms with Gasteiger partial charge in [-0.25, -0.2) is 0 Å². The number of amides is 2. The minimum absolute atomic E-state index is 0.0502. The van der Waals surface area contributed by atoms with Gasteiger partial charge in [-0.3, -0.25) is 14.3 Å². The van der Waals surface area contributed by atoms with E-state index < -0.39 is 6.04 Å². The van der Waals surface area contributed by atoms with Crippen LogP contribution in [-0.4, -0.2) is 30.5 Å². The van der Waals surface area contributed by atoms with E-state index in [9.17, 15) is 9.59 Å². The van der Waals surface area contributed by atoms with Crippen molar-refractivity contribution < 1.29 is 14.3 Å². The van der Waals surface area contributed by atoms with Crippen LogP contribution >= 0.6 is 11.9 Å². The largest absolute Gasteiger partial charge is 0.497 e. The smallest absolute Gasteiger partial charge is 0.251 e. The molecular formula is C31H33N3O3S. The molecule has 0 bridgehead atoms. The number of hydrogen-bond acceptors (Lipinski definition) is 5. The first-order valence-corrected chi connectivity index (χ1v) is 13.3. The third-order valence-corrected chi connectivity index (χ3v) is 7.15. The summed E-state index contributed by atoms with van der Waals surface area (Å²) in [4.78, 5) is 27.7. The van der Waals surface area contributed by atoms with E-state index >= 15 is 0 Å². The molecule has 4 rings (SSSR count). The van der Waals surface area contributed by atoms with Crippen LogP contribution < -0.4 is 20.1 Å². The number of fused-ring (bicyclic) bond motifs is 1. The number of carbonyl (C=O) groups is 2. The van der Waals surface area contributed by atoms with E-state index in [1.165, 1.54) is 0 Å². The van der Waals surface area contributed by atoms with Gasteiger partial charge in [0.25, 0.3) is 5.91 Å². The fourth-order valence-electron chi connectivity index (χ4n) is 3.95. The number of carbonyl (C=O) groups excluding carboxylic acids is 2. The van der Waals surface area contributed by atoms with E-state index in [2.05, 4.69) is 42.2 Å². The fourth-order valence-corrected chi connectivity index (χ4v) is 4.80. The Balaban J connectivity index is 1.58. The lowest BCUT2D eigenvalue weighted by molar-refractivity contribution is -0.118. The number of ether oxygens (including phenoxy) is 1. The summed E-state index contributed by atoms with van der Waals surface area (Å²) in [7, 11) is 1.57. The second kappa shape index (κ2) is 12.2. The zero-order valence-electron chi connectivity index (χ0n) is 22.1. The van der Waals surface area contributed by atoms with Crippen molar-refractivity contribution in [3.05, 3.63) is 102 Å². The van der Waals surface area contributed by atoms with Crippen LogP contribution in [0.15, 0.2) is 95.9 Å². The van der Waals surface area contributed by atoms with Crippen LogP contribution in [0, 0.1) is 0 Å². The predicted octanol–water partition coefficient (Wildman–Crippen LogP) is 6.22. The first-order valence-electron chi connectivity index (χ1n) is 12.5. The van der Waals surface area contributed by atoms with Crippen LogP contribution in [0.2, 0.25) is 0 Å². The van der Waals surface area contributed by atoms with Crippen molar-refractivity contribution >= 4 is 40.2 Å². The van der Waals surface area contributed by atoms with Crippen molar-refractivity contribution in [2.45, 2.75) is 43.7 Å². The van der Waals surface area contributed by atoms with E-state index in [1.54, 1.807) is 43.3 Å². The molecule has 6 nitrogen and oxygen atoms in total. The second-order valence-corrected chi connectivity index (χ2v) is 10.9. The molecule has 0 heterocycles. The zero-order valence-corrected chi connectivity index (χ0v) is 22.9. The number of rotatable bonds is 9. The van der Waals surface area contributed by atoms with Crippen LogP contribution in [0.4, 0.5) is 5.69 Å². The third kappa shape index (κ3) is 7.15. The summed E-state index contributed by atoms with van der Waals surface area (Å²) in [5, 5.41) is 7.97. The van der Waals surface area contributed by atoms with Gasteiger partial charge in [-0.15, -0.1) is 0 Å². The van der Waals surface area contributed by atoms with Gasteiger partial charge in [-0.05, 0) is 80.1 Å². The predicted molar refractivity (Wildman–Crippen MR) is 156 cm³/mol. The van der Waals surface area contributed by atoms with Crippen molar-refractivity contribution in [2.75, 3.05) is 12.4 Å². The summed E-state index contributed by atoms with van der Waals surface area (Å²) < 4.78 is 8.64. The summed E-state index contributed by atoms with van der Waals surface area (Å²) in [5.41, 5.74) is 2.05. The Bertz CT molecular complexity index is 1400. The summed E-state index contributed by atoms with van der Waals surface area (Å²) >= 11 is 1.57. The molecule has 0 saturated carbocycles. The maximum absolute atomic E-state index is 13.6. The minimum atomic E-state index is -0.776. The first kappa shape index (κ1) is 27.2. The van der Waals surface area contributed by atoms with Gasteiger partial charge in [0.05, 0.1) is 7.11 Å². The van der Waals surface area contributed by atoms with E-state index in [4.69, 9.17) is 4.74 Å². The number of nitrogens with one attached hydrogen (secondary N) is 3. The molecule has 0 aliphatic rings. The normalized spacial score (nSPS) is 12.1. The van der Waals surface area contributed by atoms with Crippen molar-refractivity contribution in [3.8, 4) is 5.75 Å². The molecule has 0 fully saturated rings. The SMILES string of the molecule is COc1ccc(C(=O)N[C@@H](Cc2ccccc2)C(=O)Nc2cccc3c(SNC(C)(C)C)cccc23)cc1. The van der Waals surface area contributed by atoms with Crippen LogP contribution in [0.5, 0.6) is 5.75 Å². The Morgan fingerprint density at radius 1 is 0.842 bits per heavy atom. The summed E-state index contributed by atoms with van der Waals surface area (Å²) in [6, 6.07) is 27.6. The lowest BCUT2D eigenvalue weighted by Crippen LogP contribution is -2.45. The molecule has 0 saturated heterocycles. The van der Waals surface area contributed by atoms with Gasteiger partial charge < -0.3 is 15.4 Å². The second-order valence-electron chi connectivity index (χ2n) is 10.0. The molecule has 0 unspecified atom stereocenters. The highest BCUT2D eigenvalue weighted by Gasteiger charge is 2.23. The van der Waals surface area contributed by atoms with E-state index in [0.29, 0.717) is 23.4 Å². The highest BCUT2D eigenvalue weighted by atomic mass is 32.2. The third-order valence-electron chi connectivity index (χ3n) is 5.86. The van der Waals surface area contributed by atoms with Gasteiger partial charge in [-0.2, -0.15) is 0 Å². The maximum atomic E-state index is 13.6. The first-order chi connectivity index (χ1) is 18.2. The number of benzene rings is 4. The van der Waals surface area contributed by atoms with Gasteiger partial charge in [-0.1, -0.05) is 54.6 Å². The van der Waals surface area contributed by atoms with Crippen molar-refractivity contribution in [2.24, 2.45) is 0 Å². The Hall–Kier alpha value is -3.81. The Morgan fingerprint density at radius 3 is 2.21 bits per heavy atom. The summed E-state index contributed by atoms with van der Waals surface area (Å²) in [6.45, 7) is 6.34. The molecule has 0 aromatic heterocycles. The molecule has 4 aromatic carbocycles. The van der Waals surface area contributed by atoms with Crippen LogP contribution in [-0.2, 0) is 11.2 Å². The molecule has 3 N–H and O–H groups in total. The number of hydrogen-bond donors (Lipinski definition) is 3. The molecule has 0 aliphatic carbocycles. The monoisotopic (exact) mass is 527 g/mol. The van der Waals surface area contributed by atoms with Gasteiger partial charge in [0.1, 0.15) is 11.8 Å². The number of methoxy groups -OCH3 is 1. The Labute approximate surface area is 228 Å². The van der Waals surface area contributed by atoms with Gasteiger partial charge in [0.2, 0.25) is 5.91 Å². The van der Waals surface area contributed by atoms with E-state index in [-0.39, 0.29) is 17.4 Å². The molecule has 1 atom stereocenters. The van der Waals surface area contributed by atoms with Crippen LogP contribution in [0.1, 0.15) is 36.7 Å². The molecule has 4 aromatic rings. The average Bonchev–Trinajstić information content (AvgIpc) is 2.92. The lowest BCUT2D eigenvalue weighted by Gasteiger charge is -2.21. The molecular weight excluding hydrogens is 494 g/mol. The summed E-state index contributed by atoms with van der Waals surface area (Å²) in [5.74, 6) is 0.0500. The van der Waals surface area contributed by atoms with E-state index in [1.807, 2.05) is 60.7 Å². The lowest BCUT2D eigenvalue weighted by atomic mass is 10.0. The number of anilines is 1. The molecule has 2 amide bonds. The minimum Gasteiger partial charge on any atom is -0.497 e. The molecule has 196 valence electrons. The zero-order chi connectivity index (χ0) is 27.1. The quantitative estimate of drug-likeness (QED) is 0.225. The molecule has 0 spiro atoms. The average molecular weight is 528 g/mol. The molecule has 38 heavy (non-hydrogen) atoms. The van der Waals surface area contributed by atoms with Gasteiger partial charge in [0.15, 0.2) is 0 Å². The highest BCUT2D eigenvalue weighted by Crippen LogP contribution is 2.32. The van der Waals surface area contributed by atoms with Crippen LogP contribution in [0.3, 0.4) is 0 Å². The Kier molecular flexibility index (Phi) is 8.71. The van der Waals surface area contributed by atoms with Crippen LogP contribution in [0.25, 0.3) is 10.8 Å². The van der Waals surface area contributed by atoms with Gasteiger partial charge >= 0.3 is 0 Å². The van der Waals surface area contributed by atoms with Crippen molar-refractivity contribution in [1.82, 2.24) is 10.0 Å². The molecule has 0 radical (unpaired) electrons. The summed E-state index contributed by atoms with van der Waals surface area (Å²) in [6.07, 6.45) is 0.357. The highest BCUT2D eigenvalue weighted by molar-refractivity contribution is 7.97. The van der Waals surface area contributed by atoms with Crippen molar-refractivity contribution in [1.29, 1.82) is 0 Å². The Morgan fingerprint density at radius 2 is 1.53 bits per heavy atom. The molecule has 0 aliphatic heterocycles. The topological polar surface area (TPSA) is 79.5 Å². The van der Waals surface area contributed by atoms with Crippen molar-refractivity contribution in [3.63, 3.8) is 0 Å². The standard InChI is InChI=1S/C31H33N3O3S/c1-31(2,3)34-38-28-15-9-12-24-25(28)13-8-14-26(24)32-30(36)27(20-21-10-6-5-7-11-21)33-29(35)22-16-18-23(37-4)19-17-22/h5-19,27,34H,20H2,1-4H3,(H,32,36)(H,33,35)/t27-/m0/s1. The maximum Gasteiger partial charge on any atom is 0.251 e. The molecule has 7 heteroatoms. The van der Waals surface area contributed by atoms with E-state index in [0.717, 1.165) is 21.2 Å².